The number of rotatable bonds is 5. The Morgan fingerprint density at radius 3 is 2.86 bits per heavy atom. The number of tetrazole rings is 1. The molecule has 29 heavy (non-hydrogen) atoms. The van der Waals surface area contributed by atoms with Gasteiger partial charge < -0.3 is 15.1 Å². The number of hydrogen-bond donors (Lipinski definition) is 2. The zero-order valence-electron chi connectivity index (χ0n) is 15.9. The molecule has 8 nitrogen and oxygen atoms in total. The number of nitrogens with one attached hydrogen (secondary N) is 2. The van der Waals surface area contributed by atoms with Crippen molar-refractivity contribution in [1.82, 2.24) is 25.5 Å². The van der Waals surface area contributed by atoms with Crippen molar-refractivity contribution < 1.29 is 9.21 Å². The molecule has 0 spiro atoms. The molecular formula is C21H20N6O2. The summed E-state index contributed by atoms with van der Waals surface area (Å²) in [5, 5.41) is 18.8. The Kier molecular flexibility index (Phi) is 4.23. The number of benzene rings is 2. The van der Waals surface area contributed by atoms with E-state index in [-0.39, 0.29) is 12.1 Å². The Bertz CT molecular complexity index is 1140. The molecule has 1 fully saturated rings. The highest BCUT2D eigenvalue weighted by Gasteiger charge is 2.28. The molecule has 5 rings (SSSR count). The van der Waals surface area contributed by atoms with Crippen molar-refractivity contribution in [3.8, 4) is 11.4 Å². The third-order valence-corrected chi connectivity index (χ3v) is 4.98. The van der Waals surface area contributed by atoms with Crippen molar-refractivity contribution >= 4 is 22.7 Å². The molecule has 1 aliphatic rings. The maximum absolute atomic E-state index is 12.5. The zero-order chi connectivity index (χ0) is 19.8. The summed E-state index contributed by atoms with van der Waals surface area (Å²) in [6.07, 6.45) is 2.19. The van der Waals surface area contributed by atoms with E-state index in [2.05, 4.69) is 26.2 Å². The fourth-order valence-corrected chi connectivity index (χ4v) is 3.34. The second-order valence-corrected chi connectivity index (χ2v) is 7.27. The normalized spacial score (nSPS) is 14.7. The highest BCUT2D eigenvalue weighted by molar-refractivity contribution is 5.90. The molecule has 2 aromatic carbocycles. The molecule has 2 N–H and O–H groups in total. The highest BCUT2D eigenvalue weighted by atomic mass is 16.3. The summed E-state index contributed by atoms with van der Waals surface area (Å²) in [7, 11) is 0. The minimum absolute atomic E-state index is 0.271. The molecule has 8 heteroatoms. The molecule has 1 saturated carbocycles. The monoisotopic (exact) mass is 388 g/mol. The number of carbonyl (C=O) groups is 1. The minimum atomic E-state index is -0.308. The van der Waals surface area contributed by atoms with Gasteiger partial charge in [0.15, 0.2) is 5.82 Å². The average Bonchev–Trinajstić information content (AvgIpc) is 3.27. The third kappa shape index (κ3) is 3.56. The summed E-state index contributed by atoms with van der Waals surface area (Å²) in [6, 6.07) is 17.0. The van der Waals surface area contributed by atoms with Gasteiger partial charge in [-0.1, -0.05) is 30.3 Å². The van der Waals surface area contributed by atoms with Gasteiger partial charge in [0.05, 0.1) is 12.1 Å². The summed E-state index contributed by atoms with van der Waals surface area (Å²) >= 11 is 0. The first-order chi connectivity index (χ1) is 14.2. The van der Waals surface area contributed by atoms with Gasteiger partial charge in [0, 0.05) is 16.6 Å². The molecule has 1 aliphatic carbocycles. The van der Waals surface area contributed by atoms with Crippen LogP contribution in [0.25, 0.3) is 22.4 Å². The van der Waals surface area contributed by atoms with E-state index in [1.54, 1.807) is 0 Å². The molecule has 0 radical (unpaired) electrons. The van der Waals surface area contributed by atoms with Crippen molar-refractivity contribution in [3.05, 3.63) is 60.4 Å². The van der Waals surface area contributed by atoms with Gasteiger partial charge in [0.2, 0.25) is 0 Å². The Morgan fingerprint density at radius 1 is 1.17 bits per heavy atom. The van der Waals surface area contributed by atoms with E-state index in [1.165, 1.54) is 0 Å². The van der Waals surface area contributed by atoms with Crippen LogP contribution in [-0.2, 0) is 0 Å². The van der Waals surface area contributed by atoms with E-state index in [4.69, 9.17) is 4.42 Å². The molecule has 0 aliphatic heterocycles. The number of aromatic nitrogens is 4. The van der Waals surface area contributed by atoms with Crippen LogP contribution in [0.3, 0.4) is 0 Å². The van der Waals surface area contributed by atoms with Crippen molar-refractivity contribution in [1.29, 1.82) is 0 Å². The van der Waals surface area contributed by atoms with E-state index in [1.807, 2.05) is 66.2 Å². The number of nitrogens with zero attached hydrogens (tertiary/aromatic N) is 4. The molecule has 0 bridgehead atoms. The van der Waals surface area contributed by atoms with Gasteiger partial charge in [0.25, 0.3) is 0 Å². The third-order valence-electron chi connectivity index (χ3n) is 4.98. The fraction of sp³-hybridized carbons (Fsp3) is 0.238. The maximum Gasteiger partial charge on any atom is 0.319 e. The quantitative estimate of drug-likeness (QED) is 0.531. The smallest absolute Gasteiger partial charge is 0.319 e. The summed E-state index contributed by atoms with van der Waals surface area (Å²) in [5.74, 6) is 1.42. The van der Waals surface area contributed by atoms with Crippen LogP contribution in [-0.4, -0.2) is 26.2 Å². The van der Waals surface area contributed by atoms with E-state index in [0.29, 0.717) is 23.3 Å². The number of fused-ring (bicyclic) bond motifs is 1. The van der Waals surface area contributed by atoms with Gasteiger partial charge in [-0.15, -0.1) is 5.10 Å². The minimum Gasteiger partial charge on any atom is -0.459 e. The number of amides is 2. The average molecular weight is 388 g/mol. The summed E-state index contributed by atoms with van der Waals surface area (Å²) in [6.45, 7) is 1.89. The van der Waals surface area contributed by atoms with Gasteiger partial charge in [-0.05, 0) is 54.5 Å². The first-order valence-electron chi connectivity index (χ1n) is 9.62. The molecule has 146 valence electrons. The zero-order valence-corrected chi connectivity index (χ0v) is 15.9. The maximum atomic E-state index is 12.5. The van der Waals surface area contributed by atoms with Crippen LogP contribution in [0.1, 0.15) is 37.6 Å². The van der Waals surface area contributed by atoms with Crippen LogP contribution in [0.2, 0.25) is 0 Å². The van der Waals surface area contributed by atoms with E-state index in [0.717, 1.165) is 29.4 Å². The fourth-order valence-electron chi connectivity index (χ4n) is 3.34. The van der Waals surface area contributed by atoms with Crippen molar-refractivity contribution in [3.63, 3.8) is 0 Å². The lowest BCUT2D eigenvalue weighted by Gasteiger charge is -2.13. The van der Waals surface area contributed by atoms with Gasteiger partial charge in [-0.25, -0.2) is 9.48 Å². The summed E-state index contributed by atoms with van der Waals surface area (Å²) < 4.78 is 7.67. The molecule has 2 amide bonds. The van der Waals surface area contributed by atoms with E-state index >= 15 is 0 Å². The van der Waals surface area contributed by atoms with Crippen LogP contribution in [0.15, 0.2) is 59.0 Å². The van der Waals surface area contributed by atoms with E-state index in [9.17, 15) is 4.79 Å². The Hall–Kier alpha value is -3.68. The molecular weight excluding hydrogens is 368 g/mol. The number of anilines is 1. The van der Waals surface area contributed by atoms with Gasteiger partial charge in [-0.3, -0.25) is 0 Å². The Balaban J connectivity index is 1.28. The molecule has 1 atom stereocenters. The molecule has 0 unspecified atom stereocenters. The van der Waals surface area contributed by atoms with Crippen molar-refractivity contribution in [2.75, 3.05) is 5.32 Å². The molecule has 4 aromatic rings. The number of urea groups is 1. The van der Waals surface area contributed by atoms with Crippen LogP contribution in [0, 0.1) is 0 Å². The topological polar surface area (TPSA) is 97.9 Å². The summed E-state index contributed by atoms with van der Waals surface area (Å²) in [5.41, 5.74) is 2.34. The van der Waals surface area contributed by atoms with E-state index < -0.39 is 0 Å². The summed E-state index contributed by atoms with van der Waals surface area (Å²) in [4.78, 5) is 12.5. The van der Waals surface area contributed by atoms with Crippen LogP contribution >= 0.6 is 0 Å². The number of furan rings is 1. The Morgan fingerprint density at radius 2 is 2.03 bits per heavy atom. The van der Waals surface area contributed by atoms with Crippen molar-refractivity contribution in [2.24, 2.45) is 0 Å². The second kappa shape index (κ2) is 7.05. The number of carbonyl (C=O) groups excluding carboxylic acids is 1. The highest BCUT2D eigenvalue weighted by Crippen LogP contribution is 2.36. The van der Waals surface area contributed by atoms with Crippen LogP contribution in [0.5, 0.6) is 0 Å². The molecule has 2 aromatic heterocycles. The SMILES string of the molecule is C[C@@H](NC(=O)Nc1cccc(-c2nnnn2C2CC2)c1)c1cc2ccccc2o1. The lowest BCUT2D eigenvalue weighted by Crippen LogP contribution is -2.30. The van der Waals surface area contributed by atoms with Crippen LogP contribution < -0.4 is 10.6 Å². The number of para-hydroxylation sites is 1. The molecule has 0 saturated heterocycles. The van der Waals surface area contributed by atoms with Gasteiger partial charge in [-0.2, -0.15) is 0 Å². The predicted molar refractivity (Wildman–Crippen MR) is 108 cm³/mol. The first-order valence-corrected chi connectivity index (χ1v) is 9.62. The number of hydrogen-bond acceptors (Lipinski definition) is 5. The first kappa shape index (κ1) is 17.4. The Labute approximate surface area is 166 Å². The van der Waals surface area contributed by atoms with Gasteiger partial charge >= 0.3 is 6.03 Å². The lowest BCUT2D eigenvalue weighted by molar-refractivity contribution is 0.248. The second-order valence-electron chi connectivity index (χ2n) is 7.27. The largest absolute Gasteiger partial charge is 0.459 e. The van der Waals surface area contributed by atoms with Gasteiger partial charge in [0.1, 0.15) is 11.3 Å². The molecule has 2 heterocycles. The standard InChI is InChI=1S/C21H20N6O2/c1-13(19-12-14-5-2-3-8-18(14)29-19)22-21(28)23-16-7-4-6-15(11-16)20-24-25-26-27(20)17-9-10-17/h2-8,11-13,17H,9-10H2,1H3,(H2,22,23,28)/t13-/m1/s1. The van der Waals surface area contributed by atoms with Crippen molar-refractivity contribution in [2.45, 2.75) is 31.8 Å². The van der Waals surface area contributed by atoms with Crippen LogP contribution in [0.4, 0.5) is 10.5 Å². The lowest BCUT2D eigenvalue weighted by atomic mass is 10.2. The predicted octanol–water partition coefficient (Wildman–Crippen LogP) is 4.30.